The molecule has 1 fully saturated rings. The van der Waals surface area contributed by atoms with Crippen LogP contribution in [-0.4, -0.2) is 36.1 Å². The lowest BCUT2D eigenvalue weighted by atomic mass is 10.0. The Hall–Kier alpha value is -1.55. The van der Waals surface area contributed by atoms with Crippen molar-refractivity contribution in [2.45, 2.75) is 26.3 Å². The van der Waals surface area contributed by atoms with Crippen molar-refractivity contribution in [3.8, 4) is 0 Å². The number of hydrogen-bond acceptors (Lipinski definition) is 2. The molecule has 0 atom stereocenters. The molecule has 0 aromatic heterocycles. The zero-order valence-electron chi connectivity index (χ0n) is 11.3. The monoisotopic (exact) mass is 247 g/mol. The average molecular weight is 247 g/mol. The number of aryl methyl sites for hydroxylation is 1. The Kier molecular flexibility index (Phi) is 3.57. The Morgan fingerprint density at radius 3 is 2.89 bits per heavy atom. The van der Waals surface area contributed by atoms with E-state index in [2.05, 4.69) is 24.5 Å². The Bertz CT molecular complexity index is 442. The number of nitrogens with one attached hydrogen (secondary N) is 2. The lowest BCUT2D eigenvalue weighted by Gasteiger charge is -2.42. The number of carbonyl (C=O) groups excluding carboxylic acids is 1. The van der Waals surface area contributed by atoms with Crippen LogP contribution in [0.5, 0.6) is 0 Å². The normalized spacial score (nSPS) is 18.5. The molecule has 0 spiro atoms. The topological polar surface area (TPSA) is 44.4 Å². The number of piperazine rings is 1. The molecule has 0 radical (unpaired) electrons. The molecule has 2 amide bonds. The van der Waals surface area contributed by atoms with Crippen molar-refractivity contribution in [2.24, 2.45) is 0 Å². The zero-order chi connectivity index (χ0) is 13.2. The summed E-state index contributed by atoms with van der Waals surface area (Å²) in [6.07, 6.45) is 0. The minimum atomic E-state index is -0.147. The van der Waals surface area contributed by atoms with Gasteiger partial charge in [0.25, 0.3) is 0 Å². The highest BCUT2D eigenvalue weighted by atomic mass is 16.2. The molecule has 0 aliphatic carbocycles. The van der Waals surface area contributed by atoms with Crippen molar-refractivity contribution >= 4 is 11.7 Å². The molecule has 1 saturated heterocycles. The third-order valence-corrected chi connectivity index (χ3v) is 3.31. The average Bonchev–Trinajstić information content (AvgIpc) is 2.28. The van der Waals surface area contributed by atoms with E-state index in [1.165, 1.54) is 0 Å². The first-order valence-corrected chi connectivity index (χ1v) is 6.35. The molecular weight excluding hydrogens is 226 g/mol. The van der Waals surface area contributed by atoms with E-state index < -0.39 is 0 Å². The van der Waals surface area contributed by atoms with Crippen LogP contribution >= 0.6 is 0 Å². The van der Waals surface area contributed by atoms with E-state index in [4.69, 9.17) is 0 Å². The van der Waals surface area contributed by atoms with Gasteiger partial charge in [-0.3, -0.25) is 0 Å². The molecule has 0 bridgehead atoms. The van der Waals surface area contributed by atoms with Gasteiger partial charge in [0.05, 0.1) is 5.54 Å². The number of amides is 2. The second-order valence-corrected chi connectivity index (χ2v) is 5.44. The van der Waals surface area contributed by atoms with Crippen LogP contribution < -0.4 is 10.6 Å². The van der Waals surface area contributed by atoms with Crippen LogP contribution in [0.15, 0.2) is 24.3 Å². The van der Waals surface area contributed by atoms with Crippen LogP contribution in [0.3, 0.4) is 0 Å². The summed E-state index contributed by atoms with van der Waals surface area (Å²) in [5.41, 5.74) is 1.85. The van der Waals surface area contributed by atoms with Gasteiger partial charge in [-0.25, -0.2) is 4.79 Å². The number of nitrogens with zero attached hydrogens (tertiary/aromatic N) is 1. The van der Waals surface area contributed by atoms with Crippen molar-refractivity contribution in [1.82, 2.24) is 10.2 Å². The Labute approximate surface area is 108 Å². The largest absolute Gasteiger partial charge is 0.322 e. The highest BCUT2D eigenvalue weighted by Gasteiger charge is 2.33. The van der Waals surface area contributed by atoms with Crippen LogP contribution in [-0.2, 0) is 0 Å². The molecule has 0 unspecified atom stereocenters. The van der Waals surface area contributed by atoms with Gasteiger partial charge in [-0.2, -0.15) is 0 Å². The van der Waals surface area contributed by atoms with Crippen LogP contribution in [0.4, 0.5) is 10.5 Å². The van der Waals surface area contributed by atoms with E-state index in [1.807, 2.05) is 36.1 Å². The van der Waals surface area contributed by atoms with Crippen molar-refractivity contribution in [3.05, 3.63) is 29.8 Å². The maximum atomic E-state index is 12.3. The highest BCUT2D eigenvalue weighted by molar-refractivity contribution is 5.90. The molecule has 1 aromatic rings. The maximum Gasteiger partial charge on any atom is 0.322 e. The molecule has 1 heterocycles. The van der Waals surface area contributed by atoms with E-state index >= 15 is 0 Å². The van der Waals surface area contributed by atoms with Gasteiger partial charge in [-0.15, -0.1) is 0 Å². The number of hydrogen-bond donors (Lipinski definition) is 2. The van der Waals surface area contributed by atoms with E-state index in [1.54, 1.807) is 0 Å². The molecule has 4 heteroatoms. The van der Waals surface area contributed by atoms with Gasteiger partial charge in [-0.05, 0) is 38.5 Å². The van der Waals surface area contributed by atoms with Crippen molar-refractivity contribution in [1.29, 1.82) is 0 Å². The Morgan fingerprint density at radius 2 is 2.22 bits per heavy atom. The summed E-state index contributed by atoms with van der Waals surface area (Å²) < 4.78 is 0. The van der Waals surface area contributed by atoms with E-state index in [-0.39, 0.29) is 11.6 Å². The minimum Gasteiger partial charge on any atom is -0.317 e. The maximum absolute atomic E-state index is 12.3. The molecule has 0 saturated carbocycles. The first-order chi connectivity index (χ1) is 8.49. The third kappa shape index (κ3) is 2.82. The van der Waals surface area contributed by atoms with Gasteiger partial charge in [0, 0.05) is 25.3 Å². The van der Waals surface area contributed by atoms with Crippen molar-refractivity contribution < 1.29 is 4.79 Å². The van der Waals surface area contributed by atoms with Gasteiger partial charge in [0.1, 0.15) is 0 Å². The molecule has 1 aromatic carbocycles. The fourth-order valence-electron chi connectivity index (χ4n) is 2.27. The number of anilines is 1. The molecule has 18 heavy (non-hydrogen) atoms. The van der Waals surface area contributed by atoms with Crippen LogP contribution in [0, 0.1) is 6.92 Å². The summed E-state index contributed by atoms with van der Waals surface area (Å²) in [5, 5.41) is 6.28. The summed E-state index contributed by atoms with van der Waals surface area (Å²) in [5.74, 6) is 0. The molecular formula is C14H21N3O. The molecule has 2 rings (SSSR count). The summed E-state index contributed by atoms with van der Waals surface area (Å²) in [6.45, 7) is 8.60. The van der Waals surface area contributed by atoms with E-state index in [0.717, 1.165) is 30.9 Å². The lowest BCUT2D eigenvalue weighted by Crippen LogP contribution is -2.60. The van der Waals surface area contributed by atoms with Crippen LogP contribution in [0.25, 0.3) is 0 Å². The summed E-state index contributed by atoms with van der Waals surface area (Å²) in [4.78, 5) is 14.2. The van der Waals surface area contributed by atoms with Gasteiger partial charge in [-0.1, -0.05) is 12.1 Å². The Morgan fingerprint density at radius 1 is 1.44 bits per heavy atom. The number of urea groups is 1. The summed E-state index contributed by atoms with van der Waals surface area (Å²) in [7, 11) is 0. The lowest BCUT2D eigenvalue weighted by molar-refractivity contribution is 0.123. The second kappa shape index (κ2) is 4.98. The molecule has 98 valence electrons. The fourth-order valence-corrected chi connectivity index (χ4v) is 2.27. The number of rotatable bonds is 1. The first kappa shape index (κ1) is 12.9. The van der Waals surface area contributed by atoms with E-state index in [0.29, 0.717) is 0 Å². The highest BCUT2D eigenvalue weighted by Crippen LogP contribution is 2.18. The zero-order valence-corrected chi connectivity index (χ0v) is 11.3. The van der Waals surface area contributed by atoms with Gasteiger partial charge in [0.15, 0.2) is 0 Å². The second-order valence-electron chi connectivity index (χ2n) is 5.44. The predicted molar refractivity (Wildman–Crippen MR) is 73.9 cm³/mol. The van der Waals surface area contributed by atoms with Gasteiger partial charge < -0.3 is 15.5 Å². The molecule has 4 nitrogen and oxygen atoms in total. The van der Waals surface area contributed by atoms with E-state index in [9.17, 15) is 4.79 Å². The van der Waals surface area contributed by atoms with Gasteiger partial charge in [0.2, 0.25) is 0 Å². The molecule has 1 aliphatic heterocycles. The predicted octanol–water partition coefficient (Wildman–Crippen LogP) is 2.21. The molecule has 2 N–H and O–H groups in total. The first-order valence-electron chi connectivity index (χ1n) is 6.35. The third-order valence-electron chi connectivity index (χ3n) is 3.31. The SMILES string of the molecule is Cc1cccc(NC(=O)N2CCNCC2(C)C)c1. The summed E-state index contributed by atoms with van der Waals surface area (Å²) >= 11 is 0. The van der Waals surface area contributed by atoms with Crippen LogP contribution in [0.1, 0.15) is 19.4 Å². The fraction of sp³-hybridized carbons (Fsp3) is 0.500. The quantitative estimate of drug-likeness (QED) is 0.799. The number of benzene rings is 1. The smallest absolute Gasteiger partial charge is 0.317 e. The van der Waals surface area contributed by atoms with Gasteiger partial charge >= 0.3 is 6.03 Å². The molecule has 1 aliphatic rings. The number of carbonyl (C=O) groups is 1. The standard InChI is InChI=1S/C14H21N3O/c1-11-5-4-6-12(9-11)16-13(18)17-8-7-15-10-14(17,2)3/h4-6,9,15H,7-8,10H2,1-3H3,(H,16,18). The van der Waals surface area contributed by atoms with Crippen molar-refractivity contribution in [3.63, 3.8) is 0 Å². The summed E-state index contributed by atoms with van der Waals surface area (Å²) in [6, 6.07) is 7.85. The Balaban J connectivity index is 2.07. The van der Waals surface area contributed by atoms with Crippen molar-refractivity contribution in [2.75, 3.05) is 25.0 Å². The minimum absolute atomic E-state index is 0.0212. The van der Waals surface area contributed by atoms with Crippen LogP contribution in [0.2, 0.25) is 0 Å².